The van der Waals surface area contributed by atoms with Crippen molar-refractivity contribution in [2.24, 2.45) is 5.92 Å². The largest absolute Gasteiger partial charge is 0.486 e. The zero-order valence-corrected chi connectivity index (χ0v) is 39.6. The Morgan fingerprint density at radius 2 is 1.35 bits per heavy atom. The summed E-state index contributed by atoms with van der Waals surface area (Å²) < 4.78 is 73.7. The Bertz CT molecular complexity index is 3540. The molecule has 0 atom stereocenters. The Labute approximate surface area is 408 Å². The molecule has 0 saturated carbocycles. The average molecular weight is 1040 g/mol. The summed E-state index contributed by atoms with van der Waals surface area (Å²) in [5, 5.41) is 1.15. The van der Waals surface area contributed by atoms with Gasteiger partial charge in [0.2, 0.25) is 5.71 Å². The minimum Gasteiger partial charge on any atom is -0.486 e. The van der Waals surface area contributed by atoms with E-state index in [0.29, 0.717) is 44.7 Å². The van der Waals surface area contributed by atoms with Gasteiger partial charge in [-0.2, -0.15) is 0 Å². The van der Waals surface area contributed by atoms with Gasteiger partial charge in [-0.15, -0.1) is 53.6 Å². The Balaban J connectivity index is 0.000000260. The molecule has 0 bridgehead atoms. The van der Waals surface area contributed by atoms with Crippen LogP contribution >= 0.6 is 0 Å². The fourth-order valence-electron chi connectivity index (χ4n) is 8.26. The summed E-state index contributed by atoms with van der Waals surface area (Å²) in [5.41, 5.74) is 12.1. The maximum Gasteiger partial charge on any atom is 0.216 e. The normalized spacial score (nSPS) is 13.9. The molecular weight excluding hydrogens is 973 g/mol. The van der Waals surface area contributed by atoms with E-state index in [2.05, 4.69) is 91.8 Å². The molecule has 5 nitrogen and oxygen atoms in total. The van der Waals surface area contributed by atoms with E-state index in [-0.39, 0.29) is 54.5 Å². The van der Waals surface area contributed by atoms with Gasteiger partial charge in [0.15, 0.2) is 0 Å². The van der Waals surface area contributed by atoms with Crippen LogP contribution in [-0.2, 0) is 26.5 Å². The van der Waals surface area contributed by atoms with Gasteiger partial charge in [-0.25, -0.2) is 4.98 Å². The van der Waals surface area contributed by atoms with Gasteiger partial charge in [0, 0.05) is 53.9 Å². The number of aryl methyl sites for hydroxylation is 2. The second-order valence-electron chi connectivity index (χ2n) is 16.9. The van der Waals surface area contributed by atoms with E-state index < -0.39 is 20.1 Å². The summed E-state index contributed by atoms with van der Waals surface area (Å²) in [6, 6.07) is 53.6. The standard InChI is InChI=1S/C43H36N3O.C16H18N.Ir/c1-26(2)34-24-31(29-14-8-6-9-15-29)25-35(27(3)4)40(34)46-38-19-13-12-18-37(38)44-42(46)33-21-20-28(5)39-32-22-23-36(30-16-10-7-11-17-30)45-43(32)47-41(33)39;1-12(2)9-15-10-16(17-11-13(15)3)14-7-5-4-6-8-14;/h6-20,22-27H,1-5H3;4-7,10-12H,9H2,1-3H3;/q2*-1;/i5D3;3D3,9D2;. The fourth-order valence-corrected chi connectivity index (χ4v) is 8.26. The van der Waals surface area contributed by atoms with Crippen LogP contribution in [0.1, 0.15) is 92.2 Å². The molecule has 0 aliphatic heterocycles. The summed E-state index contributed by atoms with van der Waals surface area (Å²) in [6.45, 7) is 7.57. The number of nitrogens with zero attached hydrogens (tertiary/aromatic N) is 4. The molecule has 0 fully saturated rings. The second kappa shape index (κ2) is 19.3. The van der Waals surface area contributed by atoms with Crippen LogP contribution < -0.4 is 0 Å². The minimum atomic E-state index is -2.40. The predicted octanol–water partition coefficient (Wildman–Crippen LogP) is 15.7. The van der Waals surface area contributed by atoms with Crippen molar-refractivity contribution < 1.29 is 35.5 Å². The van der Waals surface area contributed by atoms with E-state index in [1.165, 1.54) is 34.5 Å². The van der Waals surface area contributed by atoms with Crippen LogP contribution in [0, 0.1) is 31.8 Å². The van der Waals surface area contributed by atoms with Crippen molar-refractivity contribution in [1.29, 1.82) is 0 Å². The number of rotatable bonds is 9. The maximum atomic E-state index is 8.46. The zero-order chi connectivity index (χ0) is 51.3. The monoisotopic (exact) mass is 1040 g/mol. The number of imidazole rings is 1. The Morgan fingerprint density at radius 1 is 0.677 bits per heavy atom. The molecule has 6 heteroatoms. The summed E-state index contributed by atoms with van der Waals surface area (Å²) in [6.07, 6.45) is -0.491. The molecule has 65 heavy (non-hydrogen) atoms. The number of para-hydroxylation sites is 2. The van der Waals surface area contributed by atoms with E-state index in [1.807, 2.05) is 84.9 Å². The van der Waals surface area contributed by atoms with E-state index in [4.69, 9.17) is 25.4 Å². The van der Waals surface area contributed by atoms with Crippen molar-refractivity contribution in [3.63, 3.8) is 0 Å². The molecule has 10 rings (SSSR count). The summed E-state index contributed by atoms with van der Waals surface area (Å²) >= 11 is 0. The number of hydrogen-bond donors (Lipinski definition) is 0. The van der Waals surface area contributed by atoms with Crippen LogP contribution in [0.3, 0.4) is 0 Å². The first-order valence-corrected chi connectivity index (χ1v) is 21.8. The van der Waals surface area contributed by atoms with E-state index in [9.17, 15) is 0 Å². The van der Waals surface area contributed by atoms with Crippen LogP contribution in [0.2, 0.25) is 0 Å². The molecule has 0 spiro atoms. The SMILES string of the molecule is [2H]C([2H])([2H])c1c[c-]c(-c2nc3ccccc3n2-c2c(C(C)C)cc(-c3ccccc3)cc2C(C)C)c2oc3nc(-c4ccccc4)ccc3c12.[2H]C([2H])([2H])c1cnc(-c2[c-]cccc2)cc1C([2H])([2H])C(C)C.[Ir]. The van der Waals surface area contributed by atoms with E-state index >= 15 is 0 Å². The van der Waals surface area contributed by atoms with Gasteiger partial charge in [-0.3, -0.25) is 4.98 Å². The Kier molecular flexibility index (Phi) is 10.7. The van der Waals surface area contributed by atoms with Gasteiger partial charge < -0.3 is 14.0 Å². The molecule has 1 radical (unpaired) electrons. The maximum absolute atomic E-state index is 8.46. The van der Waals surface area contributed by atoms with Crippen LogP contribution in [-0.4, -0.2) is 19.5 Å². The van der Waals surface area contributed by atoms with E-state index in [1.54, 1.807) is 26.0 Å². The molecule has 0 N–H and O–H groups in total. The number of furan rings is 1. The number of fused-ring (bicyclic) bond motifs is 4. The molecule has 0 saturated heterocycles. The quantitative estimate of drug-likeness (QED) is 0.135. The Morgan fingerprint density at radius 3 is 2.02 bits per heavy atom. The third-order valence-electron chi connectivity index (χ3n) is 11.3. The topological polar surface area (TPSA) is 56.7 Å². The molecular formula is C59H54IrN4O-2. The van der Waals surface area contributed by atoms with E-state index in [0.717, 1.165) is 28.0 Å². The molecule has 327 valence electrons. The molecule has 4 aromatic heterocycles. The first-order chi connectivity index (χ1) is 34.2. The molecule has 0 aliphatic rings. The summed E-state index contributed by atoms with van der Waals surface area (Å²) in [4.78, 5) is 14.3. The molecule has 0 aliphatic carbocycles. The molecule has 0 amide bonds. The number of hydrogen-bond acceptors (Lipinski definition) is 4. The first kappa shape index (κ1) is 35.8. The second-order valence-corrected chi connectivity index (χ2v) is 16.9. The van der Waals surface area contributed by atoms with Crippen LogP contribution in [0.5, 0.6) is 0 Å². The first-order valence-electron chi connectivity index (χ1n) is 25.8. The van der Waals surface area contributed by atoms with Gasteiger partial charge in [0.1, 0.15) is 0 Å². The van der Waals surface area contributed by atoms with Crippen LogP contribution in [0.15, 0.2) is 156 Å². The molecule has 4 heterocycles. The third-order valence-corrected chi connectivity index (χ3v) is 11.3. The van der Waals surface area contributed by atoms with Gasteiger partial charge in [0.25, 0.3) is 0 Å². The smallest absolute Gasteiger partial charge is 0.216 e. The van der Waals surface area contributed by atoms with Crippen molar-refractivity contribution in [1.82, 2.24) is 19.5 Å². The van der Waals surface area contributed by atoms with Crippen molar-refractivity contribution in [2.75, 3.05) is 0 Å². The number of aromatic nitrogens is 4. The van der Waals surface area contributed by atoms with Crippen LogP contribution in [0.25, 0.3) is 83.8 Å². The Hall–Kier alpha value is -6.46. The van der Waals surface area contributed by atoms with Crippen molar-refractivity contribution in [3.05, 3.63) is 192 Å². The van der Waals surface area contributed by atoms with Crippen molar-refractivity contribution >= 4 is 33.1 Å². The van der Waals surface area contributed by atoms with Gasteiger partial charge in [0.05, 0.1) is 28.1 Å². The van der Waals surface area contributed by atoms with Gasteiger partial charge in [-0.05, 0) is 101 Å². The molecule has 10 aromatic rings. The van der Waals surface area contributed by atoms with Crippen molar-refractivity contribution in [2.45, 2.75) is 73.5 Å². The fraction of sp³-hybridized carbons (Fsp3) is 0.203. The zero-order valence-electron chi connectivity index (χ0n) is 45.2. The summed E-state index contributed by atoms with van der Waals surface area (Å²) in [7, 11) is 0. The van der Waals surface area contributed by atoms with Crippen LogP contribution in [0.4, 0.5) is 0 Å². The third kappa shape index (κ3) is 9.12. The molecule has 6 aromatic carbocycles. The summed E-state index contributed by atoms with van der Waals surface area (Å²) in [5.74, 6) is 0.651. The van der Waals surface area contributed by atoms with Gasteiger partial charge in [-0.1, -0.05) is 144 Å². The number of pyridine rings is 2. The predicted molar refractivity (Wildman–Crippen MR) is 266 cm³/mol. The minimum absolute atomic E-state index is 0. The van der Waals surface area contributed by atoms with Gasteiger partial charge >= 0.3 is 0 Å². The number of benzene rings is 6. The van der Waals surface area contributed by atoms with Crippen molar-refractivity contribution in [3.8, 4) is 50.7 Å². The average Bonchev–Trinajstić information content (AvgIpc) is 3.94. The molecule has 0 unspecified atom stereocenters.